The molecule has 0 bridgehead atoms. The third-order valence-electron chi connectivity index (χ3n) is 5.23. The highest BCUT2D eigenvalue weighted by molar-refractivity contribution is 7.90. The first-order chi connectivity index (χ1) is 15.4. The van der Waals surface area contributed by atoms with Crippen LogP contribution < -0.4 is 4.90 Å². The minimum Gasteiger partial charge on any atom is -0.337 e. The topological polar surface area (TPSA) is 85.2 Å². The van der Waals surface area contributed by atoms with E-state index in [1.54, 1.807) is 29.6 Å². The number of carbonyl (C=O) groups excluding carboxylic acids is 1. The van der Waals surface area contributed by atoms with Gasteiger partial charge in [0.25, 0.3) is 5.91 Å². The Morgan fingerprint density at radius 2 is 1.94 bits per heavy atom. The maximum absolute atomic E-state index is 13.5. The number of carbonyl (C=O) groups is 1. The van der Waals surface area contributed by atoms with Gasteiger partial charge in [-0.1, -0.05) is 30.4 Å². The first-order valence-electron chi connectivity index (χ1n) is 10.3. The molecular weight excluding hydrogens is 444 g/mol. The second-order valence-corrected chi connectivity index (χ2v) is 10.5. The molecule has 32 heavy (non-hydrogen) atoms. The molecule has 0 unspecified atom stereocenters. The Morgan fingerprint density at radius 3 is 2.59 bits per heavy atom. The van der Waals surface area contributed by atoms with Gasteiger partial charge in [-0.05, 0) is 48.7 Å². The van der Waals surface area contributed by atoms with E-state index >= 15 is 0 Å². The predicted molar refractivity (Wildman–Crippen MR) is 127 cm³/mol. The number of rotatable bonds is 8. The van der Waals surface area contributed by atoms with Gasteiger partial charge in [-0.3, -0.25) is 9.69 Å². The van der Waals surface area contributed by atoms with Crippen LogP contribution in [0.3, 0.4) is 0 Å². The van der Waals surface area contributed by atoms with Crippen molar-refractivity contribution in [3.8, 4) is 0 Å². The molecule has 0 fully saturated rings. The first-order valence-corrected chi connectivity index (χ1v) is 13.0. The normalized spacial score (nSPS) is 11.7. The summed E-state index contributed by atoms with van der Waals surface area (Å²) in [7, 11) is -3.33. The summed E-state index contributed by atoms with van der Waals surface area (Å²) in [5.41, 5.74) is 2.50. The Morgan fingerprint density at radius 1 is 1.16 bits per heavy atom. The number of nitrogens with zero attached hydrogens (tertiary/aromatic N) is 4. The number of amides is 1. The summed E-state index contributed by atoms with van der Waals surface area (Å²) in [5.74, 6) is -0.201. The molecule has 0 radical (unpaired) electrons. The number of imidazole rings is 1. The maximum Gasteiger partial charge on any atom is 0.260 e. The van der Waals surface area contributed by atoms with Gasteiger partial charge in [0.05, 0.1) is 21.4 Å². The van der Waals surface area contributed by atoms with Crippen molar-refractivity contribution in [3.63, 3.8) is 0 Å². The summed E-state index contributed by atoms with van der Waals surface area (Å²) >= 11 is 1.49. The van der Waals surface area contributed by atoms with E-state index in [2.05, 4.69) is 18.0 Å². The van der Waals surface area contributed by atoms with Gasteiger partial charge in [-0.25, -0.2) is 18.4 Å². The number of sulfone groups is 1. The molecule has 0 saturated heterocycles. The van der Waals surface area contributed by atoms with E-state index in [-0.39, 0.29) is 10.8 Å². The fraction of sp³-hybridized carbons (Fsp3) is 0.261. The molecule has 0 atom stereocenters. The Kier molecular flexibility index (Phi) is 6.38. The lowest BCUT2D eigenvalue weighted by Crippen LogP contribution is -2.32. The van der Waals surface area contributed by atoms with Crippen molar-refractivity contribution in [3.05, 3.63) is 72.3 Å². The average molecular weight is 469 g/mol. The lowest BCUT2D eigenvalue weighted by molar-refractivity contribution is 0.0986. The van der Waals surface area contributed by atoms with Crippen molar-refractivity contribution in [2.75, 3.05) is 17.7 Å². The summed E-state index contributed by atoms with van der Waals surface area (Å²) in [6.45, 7) is 3.29. The number of hydrogen-bond donors (Lipinski definition) is 0. The molecule has 9 heteroatoms. The van der Waals surface area contributed by atoms with E-state index in [1.807, 2.05) is 22.9 Å². The minimum atomic E-state index is -3.33. The second-order valence-electron chi connectivity index (χ2n) is 7.52. The first kappa shape index (κ1) is 22.2. The van der Waals surface area contributed by atoms with Crippen LogP contribution in [0.4, 0.5) is 5.13 Å². The number of aryl methyl sites for hydroxylation is 2. The van der Waals surface area contributed by atoms with Gasteiger partial charge >= 0.3 is 0 Å². The standard InChI is InChI=1S/C23H24N4O3S2/c1-3-17-6-4-7-20-21(17)25-23(31-20)27(14-5-13-26-15-12-24-16-26)22(28)18-8-10-19(11-9-18)32(2,29)30/h4,6-12,15-16H,3,5,13-14H2,1-2H3. The molecular formula is C23H24N4O3S2. The molecule has 0 aliphatic carbocycles. The molecule has 0 N–H and O–H groups in total. The van der Waals surface area contributed by atoms with Crippen LogP contribution in [0.5, 0.6) is 0 Å². The van der Waals surface area contributed by atoms with Crippen molar-refractivity contribution < 1.29 is 13.2 Å². The van der Waals surface area contributed by atoms with Crippen molar-refractivity contribution in [1.82, 2.24) is 14.5 Å². The molecule has 0 aliphatic heterocycles. The summed E-state index contributed by atoms with van der Waals surface area (Å²) in [4.78, 5) is 24.2. The third kappa shape index (κ3) is 4.73. The van der Waals surface area contributed by atoms with Gasteiger partial charge in [-0.15, -0.1) is 0 Å². The highest BCUT2D eigenvalue weighted by Crippen LogP contribution is 2.32. The minimum absolute atomic E-state index is 0.188. The molecule has 7 nitrogen and oxygen atoms in total. The number of benzene rings is 2. The quantitative estimate of drug-likeness (QED) is 0.387. The summed E-state index contributed by atoms with van der Waals surface area (Å²) in [6, 6.07) is 12.2. The molecule has 2 aromatic carbocycles. The molecule has 4 rings (SSSR count). The largest absolute Gasteiger partial charge is 0.337 e. The lowest BCUT2D eigenvalue weighted by Gasteiger charge is -2.20. The third-order valence-corrected chi connectivity index (χ3v) is 7.41. The second kappa shape index (κ2) is 9.22. The number of hydrogen-bond acceptors (Lipinski definition) is 6. The summed E-state index contributed by atoms with van der Waals surface area (Å²) in [5, 5.41) is 0.642. The van der Waals surface area contributed by atoms with Crippen molar-refractivity contribution in [2.45, 2.75) is 31.2 Å². The van der Waals surface area contributed by atoms with E-state index in [1.165, 1.54) is 23.5 Å². The van der Waals surface area contributed by atoms with E-state index in [0.717, 1.165) is 41.4 Å². The van der Waals surface area contributed by atoms with Crippen LogP contribution in [0, 0.1) is 0 Å². The van der Waals surface area contributed by atoms with Gasteiger partial charge in [0, 0.05) is 37.3 Å². The van der Waals surface area contributed by atoms with Crippen LogP contribution in [0.15, 0.2) is 66.1 Å². The lowest BCUT2D eigenvalue weighted by atomic mass is 10.1. The number of para-hydroxylation sites is 1. The highest BCUT2D eigenvalue weighted by Gasteiger charge is 2.22. The van der Waals surface area contributed by atoms with E-state index in [4.69, 9.17) is 4.98 Å². The zero-order chi connectivity index (χ0) is 22.7. The molecule has 0 saturated carbocycles. The Bertz CT molecular complexity index is 1330. The Hall–Kier alpha value is -3.04. The number of anilines is 1. The average Bonchev–Trinajstić information content (AvgIpc) is 3.45. The molecule has 0 spiro atoms. The fourth-order valence-corrected chi connectivity index (χ4v) is 5.18. The SMILES string of the molecule is CCc1cccc2sc(N(CCCn3ccnc3)C(=O)c3ccc(S(C)(=O)=O)cc3)nc12. The zero-order valence-corrected chi connectivity index (χ0v) is 19.6. The number of aromatic nitrogens is 3. The van der Waals surface area contributed by atoms with Crippen LogP contribution >= 0.6 is 11.3 Å². The van der Waals surface area contributed by atoms with Gasteiger partial charge in [0.15, 0.2) is 15.0 Å². The van der Waals surface area contributed by atoms with Crippen LogP contribution in [0.1, 0.15) is 29.3 Å². The van der Waals surface area contributed by atoms with E-state index in [9.17, 15) is 13.2 Å². The molecule has 0 aliphatic rings. The maximum atomic E-state index is 13.5. The van der Waals surface area contributed by atoms with Gasteiger partial charge in [0.2, 0.25) is 0 Å². The van der Waals surface area contributed by atoms with Gasteiger partial charge < -0.3 is 4.57 Å². The van der Waals surface area contributed by atoms with Crippen molar-refractivity contribution in [2.24, 2.45) is 0 Å². The summed E-state index contributed by atoms with van der Waals surface area (Å²) < 4.78 is 26.6. The highest BCUT2D eigenvalue weighted by atomic mass is 32.2. The Labute approximate surface area is 191 Å². The van der Waals surface area contributed by atoms with E-state index in [0.29, 0.717) is 17.2 Å². The van der Waals surface area contributed by atoms with Gasteiger partial charge in [0.1, 0.15) is 0 Å². The monoisotopic (exact) mass is 468 g/mol. The molecule has 2 heterocycles. The van der Waals surface area contributed by atoms with Crippen molar-refractivity contribution in [1.29, 1.82) is 0 Å². The zero-order valence-electron chi connectivity index (χ0n) is 17.9. The molecule has 1 amide bonds. The smallest absolute Gasteiger partial charge is 0.260 e. The predicted octanol–water partition coefficient (Wildman–Crippen LogP) is 4.20. The number of thiazole rings is 1. The fourth-order valence-electron chi connectivity index (χ4n) is 3.51. The molecule has 166 valence electrons. The molecule has 2 aromatic heterocycles. The van der Waals surface area contributed by atoms with E-state index < -0.39 is 9.84 Å². The van der Waals surface area contributed by atoms with Gasteiger partial charge in [-0.2, -0.15) is 0 Å². The Balaban J connectivity index is 1.66. The van der Waals surface area contributed by atoms with Crippen molar-refractivity contribution >= 4 is 42.4 Å². The van der Waals surface area contributed by atoms with Crippen LogP contribution in [0.2, 0.25) is 0 Å². The van der Waals surface area contributed by atoms with Crippen LogP contribution in [-0.4, -0.2) is 41.7 Å². The van der Waals surface area contributed by atoms with Crippen LogP contribution in [-0.2, 0) is 22.8 Å². The van der Waals surface area contributed by atoms with Crippen LogP contribution in [0.25, 0.3) is 10.2 Å². The molecule has 4 aromatic rings. The number of fused-ring (bicyclic) bond motifs is 1. The summed E-state index contributed by atoms with van der Waals surface area (Å²) in [6.07, 6.45) is 8.11.